The molecule has 1 rings (SSSR count). The van der Waals surface area contributed by atoms with Gasteiger partial charge in [-0.1, -0.05) is 32.9 Å². The molecule has 0 aromatic heterocycles. The van der Waals surface area contributed by atoms with E-state index in [1.807, 2.05) is 12.2 Å². The highest BCUT2D eigenvalue weighted by Crippen LogP contribution is 2.55. The Labute approximate surface area is 153 Å². The highest BCUT2D eigenvalue weighted by molar-refractivity contribution is 6.74. The van der Waals surface area contributed by atoms with Crippen LogP contribution in [0.2, 0.25) is 18.1 Å². The number of carbonyl (C=O) groups excluding carboxylic acids is 2. The van der Waals surface area contributed by atoms with Crippen LogP contribution >= 0.6 is 0 Å². The average Bonchev–Trinajstić information content (AvgIpc) is 3.26. The van der Waals surface area contributed by atoms with Crippen molar-refractivity contribution in [1.29, 1.82) is 0 Å². The van der Waals surface area contributed by atoms with E-state index in [1.165, 1.54) is 14.2 Å². The van der Waals surface area contributed by atoms with Gasteiger partial charge >= 0.3 is 11.9 Å². The van der Waals surface area contributed by atoms with E-state index in [4.69, 9.17) is 13.9 Å². The third-order valence-electron chi connectivity index (χ3n) is 5.52. The normalized spacial score (nSPS) is 19.7. The minimum Gasteiger partial charge on any atom is -0.468 e. The molecule has 0 aromatic carbocycles. The first-order valence-corrected chi connectivity index (χ1v) is 11.9. The van der Waals surface area contributed by atoms with Crippen molar-refractivity contribution in [3.8, 4) is 0 Å². The molecule has 1 atom stereocenters. The van der Waals surface area contributed by atoms with E-state index in [2.05, 4.69) is 33.9 Å². The summed E-state index contributed by atoms with van der Waals surface area (Å²) in [6, 6.07) is 0. The van der Waals surface area contributed by atoms with Crippen LogP contribution in [0.4, 0.5) is 0 Å². The molecule has 0 bridgehead atoms. The summed E-state index contributed by atoms with van der Waals surface area (Å²) in [6.07, 6.45) is 7.42. The average molecular weight is 371 g/mol. The van der Waals surface area contributed by atoms with Crippen molar-refractivity contribution in [1.82, 2.24) is 0 Å². The molecule has 0 amide bonds. The number of hydrogen-bond acceptors (Lipinski definition) is 5. The van der Waals surface area contributed by atoms with E-state index in [0.29, 0.717) is 6.42 Å². The zero-order valence-corrected chi connectivity index (χ0v) is 17.8. The second-order valence-electron chi connectivity index (χ2n) is 8.30. The topological polar surface area (TPSA) is 61.8 Å². The van der Waals surface area contributed by atoms with Gasteiger partial charge in [-0.15, -0.1) is 0 Å². The number of allylic oxidation sites excluding steroid dienone is 2. The molecule has 0 aromatic rings. The number of ether oxygens (including phenoxy) is 2. The van der Waals surface area contributed by atoms with Crippen molar-refractivity contribution in [2.75, 3.05) is 20.8 Å². The Morgan fingerprint density at radius 3 is 2.16 bits per heavy atom. The zero-order chi connectivity index (χ0) is 19.3. The molecule has 1 aliphatic rings. The van der Waals surface area contributed by atoms with Crippen LogP contribution in [0.25, 0.3) is 0 Å². The lowest BCUT2D eigenvalue weighted by Crippen LogP contribution is -2.40. The lowest BCUT2D eigenvalue weighted by molar-refractivity contribution is -0.161. The number of methoxy groups -OCH3 is 2. The van der Waals surface area contributed by atoms with Crippen LogP contribution in [0.3, 0.4) is 0 Å². The molecule has 1 fully saturated rings. The van der Waals surface area contributed by atoms with Crippen LogP contribution in [0.15, 0.2) is 12.2 Å². The fraction of sp³-hybridized carbons (Fsp3) is 0.789. The first-order chi connectivity index (χ1) is 11.5. The van der Waals surface area contributed by atoms with Gasteiger partial charge in [0.2, 0.25) is 0 Å². The van der Waals surface area contributed by atoms with Crippen molar-refractivity contribution in [2.24, 2.45) is 11.3 Å². The van der Waals surface area contributed by atoms with Crippen LogP contribution in [0.5, 0.6) is 0 Å². The van der Waals surface area contributed by atoms with E-state index in [1.54, 1.807) is 0 Å². The summed E-state index contributed by atoms with van der Waals surface area (Å²) >= 11 is 0. The van der Waals surface area contributed by atoms with Crippen molar-refractivity contribution in [2.45, 2.75) is 64.6 Å². The van der Waals surface area contributed by atoms with Crippen molar-refractivity contribution < 1.29 is 23.5 Å². The van der Waals surface area contributed by atoms with Crippen LogP contribution < -0.4 is 0 Å². The Kier molecular flexibility index (Phi) is 7.44. The summed E-state index contributed by atoms with van der Waals surface area (Å²) < 4.78 is 15.7. The smallest absolute Gasteiger partial charge is 0.323 e. The van der Waals surface area contributed by atoms with Crippen molar-refractivity contribution in [3.63, 3.8) is 0 Å². The minimum absolute atomic E-state index is 0.115. The number of rotatable bonds is 9. The molecule has 0 saturated heterocycles. The Morgan fingerprint density at radius 1 is 1.12 bits per heavy atom. The van der Waals surface area contributed by atoms with Crippen molar-refractivity contribution >= 4 is 20.3 Å². The van der Waals surface area contributed by atoms with Gasteiger partial charge in [0, 0.05) is 12.5 Å². The summed E-state index contributed by atoms with van der Waals surface area (Å²) in [7, 11) is 0.945. The van der Waals surface area contributed by atoms with E-state index >= 15 is 0 Å². The third-order valence-corrected chi connectivity index (χ3v) is 10.1. The van der Waals surface area contributed by atoms with Gasteiger partial charge in [0.05, 0.1) is 14.2 Å². The summed E-state index contributed by atoms with van der Waals surface area (Å²) in [4.78, 5) is 23.8. The Bertz CT molecular complexity index is 488. The van der Waals surface area contributed by atoms with Gasteiger partial charge in [-0.05, 0) is 43.8 Å². The monoisotopic (exact) mass is 370 g/mol. The molecule has 6 heteroatoms. The van der Waals surface area contributed by atoms with Gasteiger partial charge in [0.15, 0.2) is 13.7 Å². The number of esters is 2. The molecule has 5 nitrogen and oxygen atoms in total. The van der Waals surface area contributed by atoms with Gasteiger partial charge in [-0.25, -0.2) is 0 Å². The van der Waals surface area contributed by atoms with E-state index in [0.717, 1.165) is 25.9 Å². The van der Waals surface area contributed by atoms with E-state index in [9.17, 15) is 9.59 Å². The molecule has 1 saturated carbocycles. The number of carbonyl (C=O) groups is 2. The molecule has 25 heavy (non-hydrogen) atoms. The summed E-state index contributed by atoms with van der Waals surface area (Å²) in [5.74, 6) is -1.12. The fourth-order valence-electron chi connectivity index (χ4n) is 2.61. The Balaban J connectivity index is 2.34. The summed E-state index contributed by atoms with van der Waals surface area (Å²) in [5.41, 5.74) is -1.12. The van der Waals surface area contributed by atoms with Gasteiger partial charge in [0.25, 0.3) is 0 Å². The second-order valence-corrected chi connectivity index (χ2v) is 13.1. The molecule has 1 unspecified atom stereocenters. The largest absolute Gasteiger partial charge is 0.468 e. The van der Waals surface area contributed by atoms with Gasteiger partial charge in [0.1, 0.15) is 0 Å². The first kappa shape index (κ1) is 21.9. The number of hydrogen-bond donors (Lipinski definition) is 0. The lowest BCUT2D eigenvalue weighted by atomic mass is 10.0. The molecule has 0 spiro atoms. The van der Waals surface area contributed by atoms with Crippen LogP contribution in [-0.2, 0) is 23.5 Å². The SMILES string of the molecule is COC(=O)C1(C(=O)OC)CC1/C=C/CCCCO[Si](C)(C)C(C)(C)C. The summed E-state index contributed by atoms with van der Waals surface area (Å²) in [6.45, 7) is 12.0. The predicted octanol–water partition coefficient (Wildman–Crippen LogP) is 4.09. The molecule has 0 N–H and O–H groups in total. The van der Waals surface area contributed by atoms with Crippen LogP contribution in [-0.4, -0.2) is 41.1 Å². The zero-order valence-electron chi connectivity index (χ0n) is 16.8. The van der Waals surface area contributed by atoms with Gasteiger partial charge in [-0.2, -0.15) is 0 Å². The fourth-order valence-corrected chi connectivity index (χ4v) is 3.69. The van der Waals surface area contributed by atoms with E-state index in [-0.39, 0.29) is 11.0 Å². The van der Waals surface area contributed by atoms with Gasteiger partial charge in [-0.3, -0.25) is 9.59 Å². The quantitative estimate of drug-likeness (QED) is 0.201. The van der Waals surface area contributed by atoms with Gasteiger partial charge < -0.3 is 13.9 Å². The Hall–Kier alpha value is -1.14. The molecular weight excluding hydrogens is 336 g/mol. The maximum absolute atomic E-state index is 11.9. The molecule has 144 valence electrons. The molecular formula is C19H34O5Si. The lowest BCUT2D eigenvalue weighted by Gasteiger charge is -2.36. The summed E-state index contributed by atoms with van der Waals surface area (Å²) in [5, 5.41) is 0.240. The highest BCUT2D eigenvalue weighted by atomic mass is 28.4. The molecule has 0 heterocycles. The highest BCUT2D eigenvalue weighted by Gasteiger charge is 2.66. The minimum atomic E-state index is -1.65. The molecule has 0 radical (unpaired) electrons. The first-order valence-electron chi connectivity index (χ1n) is 9.00. The molecule has 0 aliphatic heterocycles. The maximum Gasteiger partial charge on any atom is 0.323 e. The standard InChI is InChI=1S/C19H34O5Si/c1-18(2,3)25(6,7)24-13-11-9-8-10-12-15-14-19(15,16(20)22-4)17(21)23-5/h10,12,15H,8-9,11,13-14H2,1-7H3/b12-10+. The maximum atomic E-state index is 11.9. The third kappa shape index (κ3) is 5.17. The number of unbranched alkanes of at least 4 members (excludes halogenated alkanes) is 2. The second kappa shape index (κ2) is 8.49. The Morgan fingerprint density at radius 2 is 1.68 bits per heavy atom. The van der Waals surface area contributed by atoms with Crippen molar-refractivity contribution in [3.05, 3.63) is 12.2 Å². The predicted molar refractivity (Wildman–Crippen MR) is 101 cm³/mol. The van der Waals surface area contributed by atoms with E-state index < -0.39 is 25.7 Å². The van der Waals surface area contributed by atoms with Crippen LogP contribution in [0, 0.1) is 11.3 Å². The molecule has 1 aliphatic carbocycles. The van der Waals surface area contributed by atoms with Crippen LogP contribution in [0.1, 0.15) is 46.5 Å².